The van der Waals surface area contributed by atoms with E-state index in [-0.39, 0.29) is 5.91 Å². The first-order valence-corrected chi connectivity index (χ1v) is 6.80. The van der Waals surface area contributed by atoms with Gasteiger partial charge in [0.25, 0.3) is 5.91 Å². The Kier molecular flexibility index (Phi) is 4.71. The molecule has 0 aliphatic heterocycles. The van der Waals surface area contributed by atoms with Crippen LogP contribution in [0.15, 0.2) is 30.5 Å². The van der Waals surface area contributed by atoms with E-state index >= 15 is 0 Å². The van der Waals surface area contributed by atoms with Crippen molar-refractivity contribution in [1.82, 2.24) is 15.3 Å². The number of hydrogen-bond acceptors (Lipinski definition) is 5. The van der Waals surface area contributed by atoms with Crippen LogP contribution < -0.4 is 16.0 Å². The van der Waals surface area contributed by atoms with E-state index in [1.165, 1.54) is 0 Å². The van der Waals surface area contributed by atoms with Crippen LogP contribution in [0.5, 0.6) is 0 Å². The van der Waals surface area contributed by atoms with Gasteiger partial charge < -0.3 is 16.0 Å². The molecule has 0 aliphatic rings. The molecular formula is C15H19N5O. The molecule has 6 nitrogen and oxygen atoms in total. The number of hydrogen-bond donors (Lipinski definition) is 3. The summed E-state index contributed by atoms with van der Waals surface area (Å²) in [5.74, 6) is 1.18. The van der Waals surface area contributed by atoms with Crippen molar-refractivity contribution in [2.24, 2.45) is 0 Å². The van der Waals surface area contributed by atoms with Gasteiger partial charge in [-0.25, -0.2) is 4.98 Å². The van der Waals surface area contributed by atoms with Crippen LogP contribution in [-0.2, 0) is 0 Å². The predicted molar refractivity (Wildman–Crippen MR) is 84.0 cm³/mol. The molecule has 6 heteroatoms. The summed E-state index contributed by atoms with van der Waals surface area (Å²) in [6.45, 7) is 4.68. The second kappa shape index (κ2) is 6.69. The summed E-state index contributed by atoms with van der Waals surface area (Å²) in [5.41, 5.74) is 2.34. The first-order chi connectivity index (χ1) is 10.1. The highest BCUT2D eigenvalue weighted by Gasteiger charge is 2.07. The molecule has 2 aromatic rings. The number of carbonyl (C=O) groups is 1. The molecule has 1 aromatic heterocycles. The van der Waals surface area contributed by atoms with Gasteiger partial charge in [-0.2, -0.15) is 4.98 Å². The summed E-state index contributed by atoms with van der Waals surface area (Å²) >= 11 is 0. The Morgan fingerprint density at radius 1 is 1.33 bits per heavy atom. The van der Waals surface area contributed by atoms with Crippen molar-refractivity contribution < 1.29 is 4.79 Å². The Hall–Kier alpha value is -2.63. The molecule has 0 atom stereocenters. The van der Waals surface area contributed by atoms with Crippen LogP contribution >= 0.6 is 0 Å². The van der Waals surface area contributed by atoms with Gasteiger partial charge in [-0.05, 0) is 32.0 Å². The van der Waals surface area contributed by atoms with Crippen LogP contribution in [0.3, 0.4) is 0 Å². The smallest absolute Gasteiger partial charge is 0.251 e. The van der Waals surface area contributed by atoms with E-state index in [0.29, 0.717) is 11.5 Å². The lowest BCUT2D eigenvalue weighted by molar-refractivity contribution is 0.0963. The monoisotopic (exact) mass is 285 g/mol. The maximum absolute atomic E-state index is 11.6. The van der Waals surface area contributed by atoms with Gasteiger partial charge >= 0.3 is 0 Å². The number of amides is 1. The average molecular weight is 285 g/mol. The molecule has 0 unspecified atom stereocenters. The van der Waals surface area contributed by atoms with E-state index in [9.17, 15) is 4.79 Å². The van der Waals surface area contributed by atoms with Crippen LogP contribution in [-0.4, -0.2) is 29.5 Å². The highest BCUT2D eigenvalue weighted by atomic mass is 16.1. The second-order valence-electron chi connectivity index (χ2n) is 4.54. The fraction of sp³-hybridized carbons (Fsp3) is 0.267. The van der Waals surface area contributed by atoms with Crippen molar-refractivity contribution in [2.75, 3.05) is 24.2 Å². The van der Waals surface area contributed by atoms with Crippen molar-refractivity contribution in [3.05, 3.63) is 41.6 Å². The lowest BCUT2D eigenvalue weighted by atomic mass is 10.2. The number of rotatable bonds is 5. The molecular weight excluding hydrogens is 266 g/mol. The maximum Gasteiger partial charge on any atom is 0.251 e. The van der Waals surface area contributed by atoms with Crippen LogP contribution in [0.4, 0.5) is 17.5 Å². The van der Waals surface area contributed by atoms with E-state index < -0.39 is 0 Å². The average Bonchev–Trinajstić information content (AvgIpc) is 2.50. The molecule has 0 saturated carbocycles. The van der Waals surface area contributed by atoms with Crippen molar-refractivity contribution in [3.63, 3.8) is 0 Å². The molecule has 0 saturated heterocycles. The molecule has 1 heterocycles. The quantitative estimate of drug-likeness (QED) is 0.785. The highest BCUT2D eigenvalue weighted by Crippen LogP contribution is 2.20. The van der Waals surface area contributed by atoms with E-state index in [2.05, 4.69) is 25.9 Å². The summed E-state index contributed by atoms with van der Waals surface area (Å²) in [6, 6.07) is 7.27. The third kappa shape index (κ3) is 3.68. The maximum atomic E-state index is 11.6. The fourth-order valence-electron chi connectivity index (χ4n) is 1.83. The number of carbonyl (C=O) groups excluding carboxylic acids is 1. The minimum Gasteiger partial charge on any atom is -0.355 e. The van der Waals surface area contributed by atoms with Gasteiger partial charge in [0.1, 0.15) is 5.82 Å². The fourth-order valence-corrected chi connectivity index (χ4v) is 1.83. The number of nitrogens with one attached hydrogen (secondary N) is 3. The Balaban J connectivity index is 2.25. The molecule has 0 bridgehead atoms. The Morgan fingerprint density at radius 2 is 2.14 bits per heavy atom. The largest absolute Gasteiger partial charge is 0.355 e. The van der Waals surface area contributed by atoms with Crippen molar-refractivity contribution in [1.29, 1.82) is 0 Å². The molecule has 0 spiro atoms. The first-order valence-electron chi connectivity index (χ1n) is 6.80. The lowest BCUT2D eigenvalue weighted by Crippen LogP contribution is -2.17. The Morgan fingerprint density at radius 3 is 2.86 bits per heavy atom. The third-order valence-electron chi connectivity index (χ3n) is 2.92. The van der Waals surface area contributed by atoms with Crippen LogP contribution in [0.25, 0.3) is 0 Å². The number of aryl methyl sites for hydroxylation is 1. The zero-order valence-electron chi connectivity index (χ0n) is 12.4. The van der Waals surface area contributed by atoms with Gasteiger partial charge in [-0.1, -0.05) is 6.07 Å². The molecule has 0 aliphatic carbocycles. The minimum absolute atomic E-state index is 0.119. The van der Waals surface area contributed by atoms with Crippen LogP contribution in [0.2, 0.25) is 0 Å². The number of aromatic nitrogens is 2. The van der Waals surface area contributed by atoms with E-state index in [1.54, 1.807) is 25.4 Å². The first kappa shape index (κ1) is 14.8. The number of anilines is 3. The molecule has 110 valence electrons. The molecule has 3 N–H and O–H groups in total. The zero-order chi connectivity index (χ0) is 15.2. The zero-order valence-corrected chi connectivity index (χ0v) is 12.4. The summed E-state index contributed by atoms with van der Waals surface area (Å²) in [7, 11) is 1.61. The van der Waals surface area contributed by atoms with Gasteiger partial charge in [0.05, 0.1) is 0 Å². The standard InChI is InChI=1S/C15H19N5O/c1-4-17-15-18-9-10(2)13(20-15)19-12-7-5-6-11(8-12)14(21)16-3/h5-9H,4H2,1-3H3,(H,16,21)(H2,17,18,19,20). The highest BCUT2D eigenvalue weighted by molar-refractivity contribution is 5.95. The molecule has 0 fully saturated rings. The van der Waals surface area contributed by atoms with E-state index in [0.717, 1.165) is 23.6 Å². The lowest BCUT2D eigenvalue weighted by Gasteiger charge is -2.11. The van der Waals surface area contributed by atoms with Crippen molar-refractivity contribution in [3.8, 4) is 0 Å². The van der Waals surface area contributed by atoms with Crippen LogP contribution in [0, 0.1) is 6.92 Å². The van der Waals surface area contributed by atoms with Gasteiger partial charge in [-0.3, -0.25) is 4.79 Å². The summed E-state index contributed by atoms with van der Waals surface area (Å²) in [6.07, 6.45) is 1.76. The predicted octanol–water partition coefficient (Wildman–Crippen LogP) is 2.32. The van der Waals surface area contributed by atoms with Crippen molar-refractivity contribution in [2.45, 2.75) is 13.8 Å². The SMILES string of the molecule is CCNc1ncc(C)c(Nc2cccc(C(=O)NC)c2)n1. The number of benzene rings is 1. The van der Waals surface area contributed by atoms with Gasteiger partial charge in [-0.15, -0.1) is 0 Å². The molecule has 1 amide bonds. The van der Waals surface area contributed by atoms with Crippen molar-refractivity contribution >= 4 is 23.4 Å². The summed E-state index contributed by atoms with van der Waals surface area (Å²) in [5, 5.41) is 8.90. The summed E-state index contributed by atoms with van der Waals surface area (Å²) < 4.78 is 0. The number of nitrogens with zero attached hydrogens (tertiary/aromatic N) is 2. The van der Waals surface area contributed by atoms with Gasteiger partial charge in [0.15, 0.2) is 0 Å². The Bertz CT molecular complexity index is 642. The normalized spacial score (nSPS) is 10.0. The van der Waals surface area contributed by atoms with Gasteiger partial charge in [0.2, 0.25) is 5.95 Å². The molecule has 2 rings (SSSR count). The van der Waals surface area contributed by atoms with E-state index in [4.69, 9.17) is 0 Å². The second-order valence-corrected chi connectivity index (χ2v) is 4.54. The molecule has 21 heavy (non-hydrogen) atoms. The third-order valence-corrected chi connectivity index (χ3v) is 2.92. The molecule has 1 aromatic carbocycles. The topological polar surface area (TPSA) is 78.9 Å². The Labute approximate surface area is 124 Å². The summed E-state index contributed by atoms with van der Waals surface area (Å²) in [4.78, 5) is 20.3. The van der Waals surface area contributed by atoms with Gasteiger partial charge in [0, 0.05) is 36.6 Å². The minimum atomic E-state index is -0.119. The molecule has 0 radical (unpaired) electrons. The van der Waals surface area contributed by atoms with E-state index in [1.807, 2.05) is 26.0 Å². The van der Waals surface area contributed by atoms with Crippen LogP contribution in [0.1, 0.15) is 22.8 Å².